The normalized spacial score (nSPS) is 11.7. The van der Waals surface area contributed by atoms with Gasteiger partial charge in [-0.1, -0.05) is 12.1 Å². The maximum atomic E-state index is 11.7. The number of thiazole rings is 1. The summed E-state index contributed by atoms with van der Waals surface area (Å²) in [5, 5.41) is 5.52. The van der Waals surface area contributed by atoms with Gasteiger partial charge in [0, 0.05) is 17.2 Å². The second-order valence-corrected chi connectivity index (χ2v) is 7.54. The molecule has 8 heteroatoms. The van der Waals surface area contributed by atoms with Gasteiger partial charge in [0.05, 0.1) is 11.4 Å². The van der Waals surface area contributed by atoms with Gasteiger partial charge in [-0.25, -0.2) is 18.1 Å². The first-order chi connectivity index (χ1) is 10.9. The van der Waals surface area contributed by atoms with E-state index in [1.165, 1.54) is 36.6 Å². The Hall–Kier alpha value is -2.03. The van der Waals surface area contributed by atoms with Gasteiger partial charge >= 0.3 is 0 Å². The number of hydrogen-bond donors (Lipinski definition) is 2. The third kappa shape index (κ3) is 4.98. The van der Waals surface area contributed by atoms with Crippen LogP contribution in [-0.2, 0) is 21.4 Å². The van der Waals surface area contributed by atoms with Crippen molar-refractivity contribution in [2.24, 2.45) is 0 Å². The van der Waals surface area contributed by atoms with Gasteiger partial charge in [-0.2, -0.15) is 0 Å². The Balaban J connectivity index is 1.93. The van der Waals surface area contributed by atoms with E-state index in [0.29, 0.717) is 6.54 Å². The fourth-order valence-corrected chi connectivity index (χ4v) is 3.19. The van der Waals surface area contributed by atoms with Crippen LogP contribution in [-0.4, -0.2) is 26.4 Å². The van der Waals surface area contributed by atoms with Crippen molar-refractivity contribution in [2.45, 2.75) is 18.4 Å². The molecule has 23 heavy (non-hydrogen) atoms. The molecule has 0 aliphatic carbocycles. The number of nitrogens with zero attached hydrogens (tertiary/aromatic N) is 1. The lowest BCUT2D eigenvalue weighted by atomic mass is 10.2. The zero-order chi connectivity index (χ0) is 16.9. The van der Waals surface area contributed by atoms with Gasteiger partial charge in [0.2, 0.25) is 15.9 Å². The van der Waals surface area contributed by atoms with Gasteiger partial charge in [-0.05, 0) is 37.7 Å². The summed E-state index contributed by atoms with van der Waals surface area (Å²) in [6.45, 7) is 2.29. The number of carbonyl (C=O) groups is 1. The molecule has 1 aromatic heterocycles. The van der Waals surface area contributed by atoms with E-state index in [1.807, 2.05) is 12.3 Å². The maximum absolute atomic E-state index is 11.7. The molecule has 2 aromatic rings. The number of benzene rings is 1. The number of aromatic nitrogens is 1. The first kappa shape index (κ1) is 17.3. The molecule has 2 rings (SSSR count). The zero-order valence-corrected chi connectivity index (χ0v) is 14.4. The van der Waals surface area contributed by atoms with E-state index in [2.05, 4.69) is 15.0 Å². The minimum Gasteiger partial charge on any atom is -0.346 e. The summed E-state index contributed by atoms with van der Waals surface area (Å²) < 4.78 is 25.4. The minimum absolute atomic E-state index is 0.181. The second-order valence-electron chi connectivity index (χ2n) is 4.71. The first-order valence-corrected chi connectivity index (χ1v) is 9.17. The number of amides is 1. The van der Waals surface area contributed by atoms with Crippen molar-refractivity contribution in [2.75, 3.05) is 7.05 Å². The van der Waals surface area contributed by atoms with Crippen molar-refractivity contribution in [1.29, 1.82) is 0 Å². The number of rotatable bonds is 6. The van der Waals surface area contributed by atoms with E-state index >= 15 is 0 Å². The van der Waals surface area contributed by atoms with Crippen molar-refractivity contribution in [3.05, 3.63) is 52.0 Å². The van der Waals surface area contributed by atoms with E-state index in [-0.39, 0.29) is 10.8 Å². The van der Waals surface area contributed by atoms with Crippen LogP contribution in [0.3, 0.4) is 0 Å². The average Bonchev–Trinajstić information content (AvgIpc) is 2.97. The maximum Gasteiger partial charge on any atom is 0.244 e. The van der Waals surface area contributed by atoms with Crippen LogP contribution >= 0.6 is 11.3 Å². The molecule has 0 atom stereocenters. The van der Waals surface area contributed by atoms with E-state index in [9.17, 15) is 13.2 Å². The molecule has 6 nitrogen and oxygen atoms in total. The molecule has 0 unspecified atom stereocenters. The second kappa shape index (κ2) is 7.49. The van der Waals surface area contributed by atoms with Crippen LogP contribution in [0.4, 0.5) is 0 Å². The molecule has 2 N–H and O–H groups in total. The molecule has 0 spiro atoms. The van der Waals surface area contributed by atoms with Crippen molar-refractivity contribution in [3.8, 4) is 0 Å². The molecular formula is C15H17N3O3S2. The van der Waals surface area contributed by atoms with Gasteiger partial charge in [-0.3, -0.25) is 4.79 Å². The average molecular weight is 351 g/mol. The van der Waals surface area contributed by atoms with E-state index in [0.717, 1.165) is 16.3 Å². The SMILES string of the molecule is CNS(=O)(=O)c1ccc(/C=C/C(=O)NCc2nc(C)cs2)cc1. The van der Waals surface area contributed by atoms with Gasteiger partial charge in [0.1, 0.15) is 5.01 Å². The molecule has 1 heterocycles. The van der Waals surface area contributed by atoms with Crippen molar-refractivity contribution >= 4 is 33.3 Å². The highest BCUT2D eigenvalue weighted by atomic mass is 32.2. The molecule has 0 fully saturated rings. The number of sulfonamides is 1. The van der Waals surface area contributed by atoms with Crippen molar-refractivity contribution in [3.63, 3.8) is 0 Å². The lowest BCUT2D eigenvalue weighted by Gasteiger charge is -2.02. The predicted octanol–water partition coefficient (Wildman–Crippen LogP) is 1.69. The summed E-state index contributed by atoms with van der Waals surface area (Å²) in [5.41, 5.74) is 1.67. The monoisotopic (exact) mass is 351 g/mol. The first-order valence-electron chi connectivity index (χ1n) is 6.81. The number of carbonyl (C=O) groups excluding carboxylic acids is 1. The van der Waals surface area contributed by atoms with Crippen LogP contribution in [0.2, 0.25) is 0 Å². The van der Waals surface area contributed by atoms with Crippen LogP contribution in [0.5, 0.6) is 0 Å². The fourth-order valence-electron chi connectivity index (χ4n) is 1.75. The van der Waals surface area contributed by atoms with E-state index in [4.69, 9.17) is 0 Å². The van der Waals surface area contributed by atoms with Gasteiger partial charge in [0.25, 0.3) is 0 Å². The molecule has 0 bridgehead atoms. The molecule has 122 valence electrons. The van der Waals surface area contributed by atoms with Gasteiger partial charge < -0.3 is 5.32 Å². The quantitative estimate of drug-likeness (QED) is 0.775. The molecular weight excluding hydrogens is 334 g/mol. The molecule has 0 saturated heterocycles. The van der Waals surface area contributed by atoms with Gasteiger partial charge in [0.15, 0.2) is 0 Å². The van der Waals surface area contributed by atoms with Crippen LogP contribution in [0.25, 0.3) is 6.08 Å². The van der Waals surface area contributed by atoms with Crippen LogP contribution in [0, 0.1) is 6.92 Å². The van der Waals surface area contributed by atoms with E-state index < -0.39 is 10.0 Å². The topological polar surface area (TPSA) is 88.2 Å². The Morgan fingerprint density at radius 2 is 2.00 bits per heavy atom. The van der Waals surface area contributed by atoms with Crippen LogP contribution in [0.1, 0.15) is 16.3 Å². The highest BCUT2D eigenvalue weighted by Crippen LogP contribution is 2.11. The Labute approximate surface area is 139 Å². The third-order valence-corrected chi connectivity index (χ3v) is 5.36. The summed E-state index contributed by atoms with van der Waals surface area (Å²) in [5.74, 6) is -0.232. The lowest BCUT2D eigenvalue weighted by molar-refractivity contribution is -0.116. The highest BCUT2D eigenvalue weighted by Gasteiger charge is 2.09. The Bertz CT molecular complexity index is 809. The molecule has 0 radical (unpaired) electrons. The summed E-state index contributed by atoms with van der Waals surface area (Å²) >= 11 is 1.50. The number of hydrogen-bond acceptors (Lipinski definition) is 5. The standard InChI is InChI=1S/C15H17N3O3S2/c1-11-10-22-15(18-11)9-17-14(19)8-5-12-3-6-13(7-4-12)23(20,21)16-2/h3-8,10,16H,9H2,1-2H3,(H,17,19)/b8-5+. The molecule has 0 saturated carbocycles. The molecule has 1 amide bonds. The molecule has 0 aliphatic rings. The number of nitrogens with one attached hydrogen (secondary N) is 2. The molecule has 1 aromatic carbocycles. The largest absolute Gasteiger partial charge is 0.346 e. The number of aryl methyl sites for hydroxylation is 1. The Morgan fingerprint density at radius 1 is 1.30 bits per heavy atom. The summed E-state index contributed by atoms with van der Waals surface area (Å²) in [6.07, 6.45) is 3.03. The highest BCUT2D eigenvalue weighted by molar-refractivity contribution is 7.89. The van der Waals surface area contributed by atoms with Crippen molar-refractivity contribution < 1.29 is 13.2 Å². The van der Waals surface area contributed by atoms with Crippen molar-refractivity contribution in [1.82, 2.24) is 15.0 Å². The minimum atomic E-state index is -3.44. The van der Waals surface area contributed by atoms with Gasteiger partial charge in [-0.15, -0.1) is 11.3 Å². The lowest BCUT2D eigenvalue weighted by Crippen LogP contribution is -2.20. The summed E-state index contributed by atoms with van der Waals surface area (Å²) in [4.78, 5) is 16.2. The smallest absolute Gasteiger partial charge is 0.244 e. The van der Waals surface area contributed by atoms with Crippen LogP contribution < -0.4 is 10.0 Å². The molecule has 0 aliphatic heterocycles. The van der Waals surface area contributed by atoms with E-state index in [1.54, 1.807) is 18.2 Å². The Kier molecular flexibility index (Phi) is 5.64. The zero-order valence-electron chi connectivity index (χ0n) is 12.7. The Morgan fingerprint density at radius 3 is 2.57 bits per heavy atom. The van der Waals surface area contributed by atoms with Crippen LogP contribution in [0.15, 0.2) is 40.6 Å². The summed E-state index contributed by atoms with van der Waals surface area (Å²) in [7, 11) is -2.08. The summed E-state index contributed by atoms with van der Waals surface area (Å²) in [6, 6.07) is 6.25. The third-order valence-electron chi connectivity index (χ3n) is 2.97. The predicted molar refractivity (Wildman–Crippen MR) is 90.4 cm³/mol. The fraction of sp³-hybridized carbons (Fsp3) is 0.200.